The first-order valence-electron chi connectivity index (χ1n) is 7.79. The van der Waals surface area contributed by atoms with Gasteiger partial charge >= 0.3 is 0 Å². The third kappa shape index (κ3) is 3.99. The van der Waals surface area contributed by atoms with Gasteiger partial charge in [0.25, 0.3) is 0 Å². The van der Waals surface area contributed by atoms with Crippen LogP contribution in [-0.4, -0.2) is 38.2 Å². The van der Waals surface area contributed by atoms with Crippen LogP contribution in [0.3, 0.4) is 0 Å². The van der Waals surface area contributed by atoms with E-state index in [4.69, 9.17) is 4.74 Å². The van der Waals surface area contributed by atoms with E-state index >= 15 is 0 Å². The van der Waals surface area contributed by atoms with E-state index in [-0.39, 0.29) is 5.78 Å². The Kier molecular flexibility index (Phi) is 5.55. The highest BCUT2D eigenvalue weighted by atomic mass is 16.5. The van der Waals surface area contributed by atoms with Crippen molar-refractivity contribution in [2.45, 2.75) is 26.9 Å². The van der Waals surface area contributed by atoms with E-state index in [1.165, 1.54) is 0 Å². The van der Waals surface area contributed by atoms with Gasteiger partial charge in [-0.25, -0.2) is 0 Å². The molecule has 2 rings (SSSR count). The molecular weight excluding hydrogens is 290 g/mol. The zero-order chi connectivity index (χ0) is 17.0. The van der Waals surface area contributed by atoms with Crippen LogP contribution in [0.15, 0.2) is 30.6 Å². The first-order valence-corrected chi connectivity index (χ1v) is 7.79. The van der Waals surface area contributed by atoms with Gasteiger partial charge < -0.3 is 14.2 Å². The zero-order valence-corrected chi connectivity index (χ0v) is 14.7. The molecule has 0 aliphatic rings. The Balaban J connectivity index is 2.14. The van der Waals surface area contributed by atoms with Crippen LogP contribution in [0, 0.1) is 13.8 Å². The molecule has 0 atom stereocenters. The number of hydrogen-bond donors (Lipinski definition) is 0. The van der Waals surface area contributed by atoms with Crippen molar-refractivity contribution in [3.05, 3.63) is 47.5 Å². The van der Waals surface area contributed by atoms with Crippen molar-refractivity contribution in [2.75, 3.05) is 32.7 Å². The highest BCUT2D eigenvalue weighted by Gasteiger charge is 2.19. The van der Waals surface area contributed by atoms with Crippen molar-refractivity contribution in [3.63, 3.8) is 0 Å². The van der Waals surface area contributed by atoms with Gasteiger partial charge in [-0.15, -0.1) is 0 Å². The molecule has 0 spiro atoms. The van der Waals surface area contributed by atoms with Gasteiger partial charge in [-0.05, 0) is 19.9 Å². The molecule has 0 aromatic carbocycles. The van der Waals surface area contributed by atoms with Crippen LogP contribution < -0.4 is 9.47 Å². The molecule has 0 amide bonds. The number of pyridine rings is 1. The number of nitrogens with zero attached hydrogens (tertiary/aromatic N) is 3. The zero-order valence-electron chi connectivity index (χ0n) is 14.7. The topological polar surface area (TPSA) is 38.4 Å². The summed E-state index contributed by atoms with van der Waals surface area (Å²) in [5.74, 6) is 0.129. The fraction of sp³-hybridized carbons (Fsp3) is 0.444. The van der Waals surface area contributed by atoms with Gasteiger partial charge in [0.05, 0.1) is 6.61 Å². The Labute approximate surface area is 138 Å². The minimum absolute atomic E-state index is 0.129. The Morgan fingerprint density at radius 3 is 2.48 bits per heavy atom. The predicted molar refractivity (Wildman–Crippen MR) is 91.1 cm³/mol. The van der Waals surface area contributed by atoms with Crippen molar-refractivity contribution in [1.29, 1.82) is 0 Å². The van der Waals surface area contributed by atoms with E-state index in [1.807, 2.05) is 68.0 Å². The molecule has 0 fully saturated rings. The number of carbonyl (C=O) groups is 1. The van der Waals surface area contributed by atoms with Gasteiger partial charge in [0, 0.05) is 62.5 Å². The maximum atomic E-state index is 12.6. The summed E-state index contributed by atoms with van der Waals surface area (Å²) in [6, 6.07) is 5.99. The van der Waals surface area contributed by atoms with Crippen molar-refractivity contribution in [2.24, 2.45) is 0 Å². The summed E-state index contributed by atoms with van der Waals surface area (Å²) in [4.78, 5) is 14.7. The summed E-state index contributed by atoms with van der Waals surface area (Å²) in [6.07, 6.45) is 3.88. The SMILES string of the molecule is COCCn1c(C)cc(C(=O)C[n+]2ccc(N(C)C)cc2)c1C. The molecule has 0 aliphatic heterocycles. The van der Waals surface area contributed by atoms with Crippen LogP contribution in [0.1, 0.15) is 21.7 Å². The molecule has 0 aliphatic carbocycles. The van der Waals surface area contributed by atoms with E-state index in [0.29, 0.717) is 13.2 Å². The van der Waals surface area contributed by atoms with E-state index in [9.17, 15) is 4.79 Å². The lowest BCUT2D eigenvalue weighted by Gasteiger charge is -2.10. The Morgan fingerprint density at radius 1 is 1.26 bits per heavy atom. The lowest BCUT2D eigenvalue weighted by atomic mass is 10.1. The van der Waals surface area contributed by atoms with Crippen LogP contribution >= 0.6 is 0 Å². The minimum Gasteiger partial charge on any atom is -0.383 e. The molecule has 0 bridgehead atoms. The molecule has 124 valence electrons. The lowest BCUT2D eigenvalue weighted by Crippen LogP contribution is -2.37. The maximum absolute atomic E-state index is 12.6. The number of ketones is 1. The third-order valence-corrected chi connectivity index (χ3v) is 4.11. The average Bonchev–Trinajstić information content (AvgIpc) is 2.80. The van der Waals surface area contributed by atoms with E-state index in [0.717, 1.165) is 29.2 Å². The van der Waals surface area contributed by atoms with Crippen molar-refractivity contribution < 1.29 is 14.1 Å². The maximum Gasteiger partial charge on any atom is 0.229 e. The molecule has 2 aromatic heterocycles. The van der Waals surface area contributed by atoms with Crippen molar-refractivity contribution >= 4 is 11.5 Å². The molecule has 5 heteroatoms. The summed E-state index contributed by atoms with van der Waals surface area (Å²) < 4.78 is 9.19. The number of aryl methyl sites for hydroxylation is 1. The number of methoxy groups -OCH3 is 1. The normalized spacial score (nSPS) is 10.8. The van der Waals surface area contributed by atoms with Gasteiger partial charge in [-0.1, -0.05) is 0 Å². The molecular formula is C18H26N3O2+. The van der Waals surface area contributed by atoms with Crippen LogP contribution in [0.5, 0.6) is 0 Å². The molecule has 0 saturated carbocycles. The fourth-order valence-electron chi connectivity index (χ4n) is 2.71. The number of hydrogen-bond acceptors (Lipinski definition) is 3. The first-order chi connectivity index (χ1) is 10.9. The third-order valence-electron chi connectivity index (χ3n) is 4.11. The smallest absolute Gasteiger partial charge is 0.229 e. The van der Waals surface area contributed by atoms with Crippen LogP contribution in [0.4, 0.5) is 5.69 Å². The lowest BCUT2D eigenvalue weighted by molar-refractivity contribution is -0.683. The molecule has 5 nitrogen and oxygen atoms in total. The van der Waals surface area contributed by atoms with Gasteiger partial charge in [0.2, 0.25) is 12.3 Å². The standard InChI is InChI=1S/C18H26N3O2/c1-14-12-17(15(2)21(14)10-11-23-5)18(22)13-20-8-6-16(7-9-20)19(3)4/h6-9,12H,10-11,13H2,1-5H3/q+1. The quantitative estimate of drug-likeness (QED) is 0.579. The average molecular weight is 316 g/mol. The number of anilines is 1. The molecule has 0 N–H and O–H groups in total. The highest BCUT2D eigenvalue weighted by Crippen LogP contribution is 2.16. The van der Waals surface area contributed by atoms with Gasteiger partial charge in [-0.3, -0.25) is 4.79 Å². The highest BCUT2D eigenvalue weighted by molar-refractivity contribution is 5.96. The molecule has 0 radical (unpaired) electrons. The van der Waals surface area contributed by atoms with Gasteiger partial charge in [0.1, 0.15) is 0 Å². The molecule has 2 aromatic rings. The number of aromatic nitrogens is 2. The summed E-state index contributed by atoms with van der Waals surface area (Å²) in [5, 5.41) is 0. The predicted octanol–water partition coefficient (Wildman–Crippen LogP) is 1.99. The summed E-state index contributed by atoms with van der Waals surface area (Å²) in [5.41, 5.74) is 4.01. The summed E-state index contributed by atoms with van der Waals surface area (Å²) in [7, 11) is 5.69. The van der Waals surface area contributed by atoms with Gasteiger partial charge in [0.15, 0.2) is 12.4 Å². The van der Waals surface area contributed by atoms with Crippen molar-refractivity contribution in [1.82, 2.24) is 4.57 Å². The second-order valence-electron chi connectivity index (χ2n) is 5.98. The Morgan fingerprint density at radius 2 is 1.91 bits per heavy atom. The number of Topliss-reactive ketones (excluding diaryl/α,β-unsaturated/α-hetero) is 1. The molecule has 0 saturated heterocycles. The molecule has 0 unspecified atom stereocenters. The number of rotatable bonds is 7. The van der Waals surface area contributed by atoms with Crippen molar-refractivity contribution in [3.8, 4) is 0 Å². The molecule has 2 heterocycles. The second kappa shape index (κ2) is 7.42. The summed E-state index contributed by atoms with van der Waals surface area (Å²) >= 11 is 0. The Hall–Kier alpha value is -2.14. The molecule has 23 heavy (non-hydrogen) atoms. The van der Waals surface area contributed by atoms with E-state index < -0.39 is 0 Å². The second-order valence-corrected chi connectivity index (χ2v) is 5.98. The largest absolute Gasteiger partial charge is 0.383 e. The first kappa shape index (κ1) is 17.2. The van der Waals surface area contributed by atoms with Gasteiger partial charge in [-0.2, -0.15) is 4.57 Å². The van der Waals surface area contributed by atoms with Crippen LogP contribution in [0.2, 0.25) is 0 Å². The minimum atomic E-state index is 0.129. The number of carbonyl (C=O) groups excluding carboxylic acids is 1. The summed E-state index contributed by atoms with van der Waals surface area (Å²) in [6.45, 7) is 5.79. The number of ether oxygens (including phenoxy) is 1. The van der Waals surface area contributed by atoms with E-state index in [2.05, 4.69) is 4.57 Å². The van der Waals surface area contributed by atoms with Crippen LogP contribution in [-0.2, 0) is 17.8 Å². The Bertz CT molecular complexity index is 672. The van der Waals surface area contributed by atoms with Crippen LogP contribution in [0.25, 0.3) is 0 Å². The van der Waals surface area contributed by atoms with E-state index in [1.54, 1.807) is 7.11 Å². The monoisotopic (exact) mass is 316 g/mol. The fourth-order valence-corrected chi connectivity index (χ4v) is 2.71.